The number of carboxylic acid groups (broad SMARTS) is 1. The van der Waals surface area contributed by atoms with E-state index >= 15 is 4.39 Å². The fraction of sp³-hybridized carbons (Fsp3) is 0.304. The van der Waals surface area contributed by atoms with Gasteiger partial charge in [0.25, 0.3) is 0 Å². The van der Waals surface area contributed by atoms with Gasteiger partial charge in [0, 0.05) is 42.4 Å². The van der Waals surface area contributed by atoms with E-state index < -0.39 is 28.6 Å². The minimum atomic E-state index is -1.41. The summed E-state index contributed by atoms with van der Waals surface area (Å²) in [6.07, 6.45) is 1.22. The maximum Gasteiger partial charge on any atom is 0.341 e. The SMILES string of the molecule is Cc1cc(F)ccc1-n1cc(C(=O)O)c(=O)c2cc(F)c(N3CC(C)NC(C)C3)cc21. The molecule has 1 aliphatic heterocycles. The van der Waals surface area contributed by atoms with Crippen LogP contribution >= 0.6 is 0 Å². The molecule has 1 saturated heterocycles. The third-order valence-corrected chi connectivity index (χ3v) is 5.62. The molecule has 6 nitrogen and oxygen atoms in total. The second-order valence-corrected chi connectivity index (χ2v) is 8.17. The number of hydrogen-bond acceptors (Lipinski definition) is 4. The molecule has 0 saturated carbocycles. The lowest BCUT2D eigenvalue weighted by Gasteiger charge is -2.38. The number of aromatic carboxylic acids is 1. The number of pyridine rings is 1. The van der Waals surface area contributed by atoms with Crippen LogP contribution in [0.1, 0.15) is 29.8 Å². The normalized spacial score (nSPS) is 19.1. The number of nitrogens with zero attached hydrogens (tertiary/aromatic N) is 2. The number of aryl methyl sites for hydroxylation is 1. The van der Waals surface area contributed by atoms with E-state index in [0.717, 1.165) is 6.07 Å². The highest BCUT2D eigenvalue weighted by Crippen LogP contribution is 2.29. The van der Waals surface area contributed by atoms with Gasteiger partial charge in [-0.25, -0.2) is 13.6 Å². The Kier molecular flexibility index (Phi) is 5.26. The van der Waals surface area contributed by atoms with Gasteiger partial charge in [-0.1, -0.05) is 0 Å². The van der Waals surface area contributed by atoms with Gasteiger partial charge in [0.2, 0.25) is 5.43 Å². The number of anilines is 1. The van der Waals surface area contributed by atoms with Crippen LogP contribution in [0.2, 0.25) is 0 Å². The van der Waals surface area contributed by atoms with Gasteiger partial charge in [-0.15, -0.1) is 0 Å². The van der Waals surface area contributed by atoms with Crippen molar-refractivity contribution in [2.24, 2.45) is 0 Å². The van der Waals surface area contributed by atoms with E-state index in [2.05, 4.69) is 5.32 Å². The first-order valence-corrected chi connectivity index (χ1v) is 10.1. The number of fused-ring (bicyclic) bond motifs is 1. The van der Waals surface area contributed by atoms with Crippen molar-refractivity contribution >= 4 is 22.6 Å². The van der Waals surface area contributed by atoms with Crippen LogP contribution in [-0.2, 0) is 0 Å². The second kappa shape index (κ2) is 7.77. The molecule has 2 aromatic carbocycles. The Bertz CT molecular complexity index is 1250. The molecule has 0 aliphatic carbocycles. The molecule has 2 unspecified atom stereocenters. The van der Waals surface area contributed by atoms with Gasteiger partial charge in [0.05, 0.1) is 11.2 Å². The summed E-state index contributed by atoms with van der Waals surface area (Å²) < 4.78 is 30.3. The summed E-state index contributed by atoms with van der Waals surface area (Å²) in [6.45, 7) is 6.88. The molecule has 8 heteroatoms. The Hall–Kier alpha value is -3.26. The van der Waals surface area contributed by atoms with Crippen LogP contribution in [0.15, 0.2) is 41.3 Å². The molecule has 31 heavy (non-hydrogen) atoms. The molecule has 4 rings (SSSR count). The lowest BCUT2D eigenvalue weighted by Crippen LogP contribution is -2.54. The summed E-state index contributed by atoms with van der Waals surface area (Å²) in [5, 5.41) is 12.9. The maximum atomic E-state index is 15.1. The molecule has 0 amide bonds. The van der Waals surface area contributed by atoms with Gasteiger partial charge in [0.1, 0.15) is 17.2 Å². The van der Waals surface area contributed by atoms with Crippen LogP contribution in [0.5, 0.6) is 0 Å². The molecular weight excluding hydrogens is 404 g/mol. The number of rotatable bonds is 3. The number of nitrogens with one attached hydrogen (secondary N) is 1. The van der Waals surface area contributed by atoms with Crippen LogP contribution in [0.3, 0.4) is 0 Å². The number of aromatic nitrogens is 1. The fourth-order valence-corrected chi connectivity index (χ4v) is 4.34. The second-order valence-electron chi connectivity index (χ2n) is 8.17. The zero-order chi connectivity index (χ0) is 22.4. The average Bonchev–Trinajstić information content (AvgIpc) is 2.68. The predicted molar refractivity (Wildman–Crippen MR) is 115 cm³/mol. The van der Waals surface area contributed by atoms with E-state index in [1.54, 1.807) is 13.0 Å². The van der Waals surface area contributed by atoms with Crippen molar-refractivity contribution < 1.29 is 18.7 Å². The summed E-state index contributed by atoms with van der Waals surface area (Å²) in [5.74, 6) is -2.42. The van der Waals surface area contributed by atoms with E-state index in [9.17, 15) is 19.1 Å². The van der Waals surface area contributed by atoms with E-state index in [-0.39, 0.29) is 17.5 Å². The number of piperazine rings is 1. The smallest absolute Gasteiger partial charge is 0.341 e. The quantitative estimate of drug-likeness (QED) is 0.670. The van der Waals surface area contributed by atoms with Crippen molar-refractivity contribution in [2.75, 3.05) is 18.0 Å². The molecule has 2 atom stereocenters. The standard InChI is InChI=1S/C23H23F2N3O3/c1-12-6-15(24)4-5-19(12)28-11-17(23(30)31)22(29)16-7-18(25)21(8-20(16)28)27-9-13(2)26-14(3)10-27/h4-8,11,13-14,26H,9-10H2,1-3H3,(H,30,31). The van der Waals surface area contributed by atoms with Gasteiger partial charge >= 0.3 is 5.97 Å². The van der Waals surface area contributed by atoms with Crippen molar-refractivity contribution in [1.29, 1.82) is 0 Å². The van der Waals surface area contributed by atoms with Gasteiger partial charge in [-0.2, -0.15) is 0 Å². The zero-order valence-electron chi connectivity index (χ0n) is 17.4. The number of carbonyl (C=O) groups is 1. The number of carboxylic acids is 1. The van der Waals surface area contributed by atoms with E-state index in [1.807, 2.05) is 18.7 Å². The van der Waals surface area contributed by atoms with Gasteiger partial charge in [-0.05, 0) is 56.7 Å². The van der Waals surface area contributed by atoms with Gasteiger partial charge in [-0.3, -0.25) is 4.79 Å². The van der Waals surface area contributed by atoms with Crippen LogP contribution in [0.25, 0.3) is 16.6 Å². The first-order chi connectivity index (χ1) is 14.7. The fourth-order valence-electron chi connectivity index (χ4n) is 4.34. The van der Waals surface area contributed by atoms with E-state index in [4.69, 9.17) is 0 Å². The molecule has 1 aromatic heterocycles. The number of halogens is 2. The Labute approximate surface area is 177 Å². The Morgan fingerprint density at radius 1 is 1.10 bits per heavy atom. The van der Waals surface area contributed by atoms with Crippen LogP contribution in [0, 0.1) is 18.6 Å². The monoisotopic (exact) mass is 427 g/mol. The molecule has 0 bridgehead atoms. The highest BCUT2D eigenvalue weighted by Gasteiger charge is 2.25. The third kappa shape index (κ3) is 3.79. The first kappa shape index (κ1) is 21.0. The Morgan fingerprint density at radius 3 is 2.39 bits per heavy atom. The number of hydrogen-bond donors (Lipinski definition) is 2. The van der Waals surface area contributed by atoms with Crippen LogP contribution < -0.4 is 15.6 Å². The summed E-state index contributed by atoms with van der Waals surface area (Å²) in [7, 11) is 0. The van der Waals surface area contributed by atoms with Crippen LogP contribution in [-0.4, -0.2) is 40.8 Å². The summed E-state index contributed by atoms with van der Waals surface area (Å²) in [4.78, 5) is 26.4. The molecule has 2 N–H and O–H groups in total. The molecule has 1 fully saturated rings. The van der Waals surface area contributed by atoms with Crippen molar-refractivity contribution in [3.63, 3.8) is 0 Å². The average molecular weight is 427 g/mol. The Balaban J connectivity index is 2.02. The largest absolute Gasteiger partial charge is 0.477 e. The van der Waals surface area contributed by atoms with Crippen molar-refractivity contribution in [2.45, 2.75) is 32.9 Å². The topological polar surface area (TPSA) is 74.6 Å². The molecule has 162 valence electrons. The zero-order valence-corrected chi connectivity index (χ0v) is 17.4. The molecule has 2 heterocycles. The summed E-state index contributed by atoms with van der Waals surface area (Å²) >= 11 is 0. The molecule has 1 aliphatic rings. The molecular formula is C23H23F2N3O3. The summed E-state index contributed by atoms with van der Waals surface area (Å²) in [6, 6.07) is 7.07. The lowest BCUT2D eigenvalue weighted by molar-refractivity contribution is 0.0695. The maximum absolute atomic E-state index is 15.1. The molecule has 3 aromatic rings. The van der Waals surface area contributed by atoms with Crippen LogP contribution in [0.4, 0.5) is 14.5 Å². The molecule has 0 spiro atoms. The highest BCUT2D eigenvalue weighted by atomic mass is 19.1. The molecule has 0 radical (unpaired) electrons. The minimum Gasteiger partial charge on any atom is -0.477 e. The lowest BCUT2D eigenvalue weighted by atomic mass is 10.1. The van der Waals surface area contributed by atoms with E-state index in [1.165, 1.54) is 29.0 Å². The Morgan fingerprint density at radius 2 is 1.77 bits per heavy atom. The van der Waals surface area contributed by atoms with Gasteiger partial charge in [0.15, 0.2) is 0 Å². The van der Waals surface area contributed by atoms with Crippen molar-refractivity contribution in [1.82, 2.24) is 9.88 Å². The number of benzene rings is 2. The predicted octanol–water partition coefficient (Wildman–Crippen LogP) is 3.46. The highest BCUT2D eigenvalue weighted by molar-refractivity contribution is 5.94. The first-order valence-electron chi connectivity index (χ1n) is 10.1. The van der Waals surface area contributed by atoms with Crippen molar-refractivity contribution in [3.8, 4) is 5.69 Å². The van der Waals surface area contributed by atoms with E-state index in [0.29, 0.717) is 35.5 Å². The minimum absolute atomic E-state index is 0.0406. The third-order valence-electron chi connectivity index (χ3n) is 5.62. The van der Waals surface area contributed by atoms with Gasteiger partial charge < -0.3 is 19.9 Å². The van der Waals surface area contributed by atoms with Crippen molar-refractivity contribution in [3.05, 3.63) is 69.5 Å². The summed E-state index contributed by atoms with van der Waals surface area (Å²) in [5.41, 5.74) is 0.521.